The molecule has 7 nitrogen and oxygen atoms in total. The van der Waals surface area contributed by atoms with Crippen molar-refractivity contribution in [3.05, 3.63) is 72.6 Å². The maximum absolute atomic E-state index is 12.9. The van der Waals surface area contributed by atoms with Gasteiger partial charge in [0.2, 0.25) is 0 Å². The van der Waals surface area contributed by atoms with Crippen molar-refractivity contribution in [3.8, 4) is 17.1 Å². The largest absolute Gasteiger partial charge is 0.483 e. The number of aromatic nitrogens is 2. The normalized spacial score (nSPS) is 16.9. The number of benzene rings is 2. The predicted octanol–water partition coefficient (Wildman–Crippen LogP) is 4.64. The summed E-state index contributed by atoms with van der Waals surface area (Å²) in [7, 11) is 1.92. The molecule has 1 aromatic heterocycles. The molecular weight excluding hydrogens is 462 g/mol. The Hall–Kier alpha value is -3.45. The molecule has 0 bridgehead atoms. The Kier molecular flexibility index (Phi) is 8.31. The van der Waals surface area contributed by atoms with Crippen LogP contribution in [0.15, 0.2) is 67.0 Å². The van der Waals surface area contributed by atoms with Crippen LogP contribution in [-0.4, -0.2) is 71.6 Å². The number of likely N-dealkylation sites (N-methyl/N-ethyl adjacent to an activating group) is 1. The molecule has 1 saturated carbocycles. The number of carbonyl (C=O) groups is 1. The maximum atomic E-state index is 12.9. The highest BCUT2D eigenvalue weighted by Gasteiger charge is 2.23. The van der Waals surface area contributed by atoms with Crippen molar-refractivity contribution in [1.82, 2.24) is 19.8 Å². The van der Waals surface area contributed by atoms with Gasteiger partial charge in [-0.2, -0.15) is 0 Å². The summed E-state index contributed by atoms with van der Waals surface area (Å²) < 4.78 is 6.16. The monoisotopic (exact) mass is 499 g/mol. The molecule has 1 amide bonds. The first-order chi connectivity index (χ1) is 18.2. The molecule has 0 atom stereocenters. The average molecular weight is 500 g/mol. The first kappa shape index (κ1) is 25.2. The first-order valence-corrected chi connectivity index (χ1v) is 13.5. The van der Waals surface area contributed by atoms with E-state index in [1.165, 1.54) is 24.9 Å². The van der Waals surface area contributed by atoms with Crippen molar-refractivity contribution in [2.75, 3.05) is 44.7 Å². The number of ether oxygens (including phenoxy) is 1. The van der Waals surface area contributed by atoms with E-state index in [2.05, 4.69) is 56.2 Å². The smallest absolute Gasteiger partial charge is 0.260 e. The number of carbonyl (C=O) groups excluding carboxylic acids is 1. The summed E-state index contributed by atoms with van der Waals surface area (Å²) in [6.07, 6.45) is 9.38. The molecule has 2 fully saturated rings. The van der Waals surface area contributed by atoms with E-state index in [9.17, 15) is 4.79 Å². The number of hydrogen-bond acceptors (Lipinski definition) is 6. The summed E-state index contributed by atoms with van der Waals surface area (Å²) in [5.74, 6) is 1.50. The first-order valence-electron chi connectivity index (χ1n) is 13.5. The van der Waals surface area contributed by atoms with Gasteiger partial charge in [0, 0.05) is 75.0 Å². The Bertz CT molecular complexity index is 1140. The Morgan fingerprint density at radius 3 is 2.41 bits per heavy atom. The van der Waals surface area contributed by atoms with Crippen molar-refractivity contribution in [2.24, 2.45) is 0 Å². The molecule has 2 heterocycles. The van der Waals surface area contributed by atoms with Crippen molar-refractivity contribution in [1.29, 1.82) is 0 Å². The molecule has 1 aliphatic carbocycles. The van der Waals surface area contributed by atoms with E-state index >= 15 is 0 Å². The van der Waals surface area contributed by atoms with Gasteiger partial charge < -0.3 is 14.5 Å². The van der Waals surface area contributed by atoms with Crippen LogP contribution in [0, 0.1) is 0 Å². The van der Waals surface area contributed by atoms with Gasteiger partial charge in [0.05, 0.1) is 0 Å². The minimum atomic E-state index is 0.0461. The van der Waals surface area contributed by atoms with Crippen molar-refractivity contribution < 1.29 is 9.53 Å². The van der Waals surface area contributed by atoms with Gasteiger partial charge in [-0.3, -0.25) is 9.69 Å². The second kappa shape index (κ2) is 12.2. The van der Waals surface area contributed by atoms with Gasteiger partial charge in [-0.1, -0.05) is 37.5 Å². The van der Waals surface area contributed by atoms with Crippen LogP contribution in [0.3, 0.4) is 0 Å². The van der Waals surface area contributed by atoms with E-state index in [-0.39, 0.29) is 12.5 Å². The lowest BCUT2D eigenvalue weighted by Gasteiger charge is -2.36. The molecule has 5 rings (SSSR count). The van der Waals surface area contributed by atoms with Crippen LogP contribution in [0.25, 0.3) is 11.4 Å². The molecule has 1 saturated heterocycles. The van der Waals surface area contributed by atoms with Crippen LogP contribution in [0.1, 0.15) is 37.7 Å². The van der Waals surface area contributed by atoms with Gasteiger partial charge in [0.15, 0.2) is 12.4 Å². The summed E-state index contributed by atoms with van der Waals surface area (Å²) in [6.45, 7) is 4.69. The molecule has 0 N–H and O–H groups in total. The summed E-state index contributed by atoms with van der Waals surface area (Å²) >= 11 is 0. The van der Waals surface area contributed by atoms with Crippen molar-refractivity contribution in [2.45, 2.75) is 44.7 Å². The van der Waals surface area contributed by atoms with E-state index in [4.69, 9.17) is 4.74 Å². The minimum absolute atomic E-state index is 0.0461. The number of anilines is 1. The van der Waals surface area contributed by atoms with Gasteiger partial charge >= 0.3 is 0 Å². The predicted molar refractivity (Wildman–Crippen MR) is 147 cm³/mol. The summed E-state index contributed by atoms with van der Waals surface area (Å²) in [5.41, 5.74) is 3.29. The summed E-state index contributed by atoms with van der Waals surface area (Å²) in [6, 6.07) is 18.8. The fourth-order valence-electron chi connectivity index (χ4n) is 5.39. The molecule has 2 aliphatic rings. The zero-order valence-corrected chi connectivity index (χ0v) is 21.8. The number of nitrogens with zero attached hydrogens (tertiary/aromatic N) is 5. The fourth-order valence-corrected chi connectivity index (χ4v) is 5.39. The zero-order chi connectivity index (χ0) is 25.5. The molecular formula is C30H37N5O2. The van der Waals surface area contributed by atoms with Gasteiger partial charge in [-0.15, -0.1) is 0 Å². The number of rotatable bonds is 8. The minimum Gasteiger partial charge on any atom is -0.483 e. The molecule has 0 radical (unpaired) electrons. The molecule has 2 aromatic carbocycles. The van der Waals surface area contributed by atoms with E-state index < -0.39 is 0 Å². The van der Waals surface area contributed by atoms with Gasteiger partial charge in [-0.25, -0.2) is 9.97 Å². The van der Waals surface area contributed by atoms with Crippen LogP contribution in [0.2, 0.25) is 0 Å². The lowest BCUT2D eigenvalue weighted by molar-refractivity contribution is -0.134. The molecule has 7 heteroatoms. The summed E-state index contributed by atoms with van der Waals surface area (Å²) in [4.78, 5) is 28.6. The molecule has 37 heavy (non-hydrogen) atoms. The number of para-hydroxylation sites is 1. The highest BCUT2D eigenvalue weighted by Crippen LogP contribution is 2.28. The SMILES string of the molecule is CN(C(=O)COc1ccc(-c2ncccn2)cc1CN1CCN(c2ccccc2)CC1)C1CCCCC1. The van der Waals surface area contributed by atoms with Crippen molar-refractivity contribution >= 4 is 11.6 Å². The van der Waals surface area contributed by atoms with Crippen LogP contribution in [0.4, 0.5) is 5.69 Å². The van der Waals surface area contributed by atoms with E-state index in [1.807, 2.05) is 30.1 Å². The number of hydrogen-bond donors (Lipinski definition) is 0. The topological polar surface area (TPSA) is 61.8 Å². The van der Waals surface area contributed by atoms with E-state index in [0.717, 1.165) is 62.4 Å². The highest BCUT2D eigenvalue weighted by atomic mass is 16.5. The standard InChI is InChI=1S/C30H37N5O2/c1-33(26-9-4-2-5-10-26)29(36)23-37-28-14-13-24(30-31-15-8-16-32-30)21-25(28)22-34-17-19-35(20-18-34)27-11-6-3-7-12-27/h3,6-8,11-16,21,26H,2,4-5,9-10,17-20,22-23H2,1H3. The molecule has 1 aliphatic heterocycles. The van der Waals surface area contributed by atoms with E-state index in [1.54, 1.807) is 12.4 Å². The van der Waals surface area contributed by atoms with E-state index in [0.29, 0.717) is 11.9 Å². The highest BCUT2D eigenvalue weighted by molar-refractivity contribution is 5.78. The van der Waals surface area contributed by atoms with Gasteiger partial charge in [0.1, 0.15) is 5.75 Å². The zero-order valence-electron chi connectivity index (χ0n) is 21.8. The average Bonchev–Trinajstić information content (AvgIpc) is 2.97. The summed E-state index contributed by atoms with van der Waals surface area (Å²) in [5, 5.41) is 0. The lowest BCUT2D eigenvalue weighted by atomic mass is 9.94. The van der Waals surface area contributed by atoms with Gasteiger partial charge in [-0.05, 0) is 49.2 Å². The number of amides is 1. The second-order valence-corrected chi connectivity index (χ2v) is 10.1. The van der Waals surface area contributed by atoms with Crippen LogP contribution < -0.4 is 9.64 Å². The van der Waals surface area contributed by atoms with Crippen LogP contribution in [-0.2, 0) is 11.3 Å². The van der Waals surface area contributed by atoms with Gasteiger partial charge in [0.25, 0.3) is 5.91 Å². The maximum Gasteiger partial charge on any atom is 0.260 e. The Labute approximate surface area is 220 Å². The van der Waals surface area contributed by atoms with Crippen LogP contribution in [0.5, 0.6) is 5.75 Å². The Morgan fingerprint density at radius 2 is 1.68 bits per heavy atom. The third-order valence-electron chi connectivity index (χ3n) is 7.64. The quantitative estimate of drug-likeness (QED) is 0.450. The number of piperazine rings is 1. The lowest BCUT2D eigenvalue weighted by Crippen LogP contribution is -2.46. The third kappa shape index (κ3) is 6.46. The third-order valence-corrected chi connectivity index (χ3v) is 7.64. The molecule has 3 aromatic rings. The van der Waals surface area contributed by atoms with Crippen molar-refractivity contribution in [3.63, 3.8) is 0 Å². The Morgan fingerprint density at radius 1 is 0.946 bits per heavy atom. The van der Waals surface area contributed by atoms with Crippen LogP contribution >= 0.6 is 0 Å². The molecule has 194 valence electrons. The fraction of sp³-hybridized carbons (Fsp3) is 0.433. The molecule has 0 spiro atoms. The Balaban J connectivity index is 1.27. The molecule has 0 unspecified atom stereocenters. The second-order valence-electron chi connectivity index (χ2n) is 10.1.